The lowest BCUT2D eigenvalue weighted by molar-refractivity contribution is -0.130. The maximum absolute atomic E-state index is 12.0. The fourth-order valence-corrected chi connectivity index (χ4v) is 2.87. The van der Waals surface area contributed by atoms with Crippen molar-refractivity contribution in [3.8, 4) is 0 Å². The van der Waals surface area contributed by atoms with Crippen molar-refractivity contribution in [1.29, 1.82) is 5.41 Å². The minimum absolute atomic E-state index is 0.175. The number of hydrogen-bond acceptors (Lipinski definition) is 4. The van der Waals surface area contributed by atoms with Gasteiger partial charge in [-0.3, -0.25) is 4.79 Å². The van der Waals surface area contributed by atoms with Crippen LogP contribution in [0.3, 0.4) is 0 Å². The average Bonchev–Trinajstić information content (AvgIpc) is 2.82. The minimum Gasteiger partial charge on any atom is -0.409 e. The number of nitrogens with zero attached hydrogens (tertiary/aromatic N) is 2. The Morgan fingerprint density at radius 2 is 2.19 bits per heavy atom. The first kappa shape index (κ1) is 10.9. The van der Waals surface area contributed by atoms with Gasteiger partial charge >= 0.3 is 0 Å². The molecular formula is C10H16N4O2. The molecule has 6 nitrogen and oxygen atoms in total. The van der Waals surface area contributed by atoms with Gasteiger partial charge in [0.2, 0.25) is 5.91 Å². The van der Waals surface area contributed by atoms with E-state index in [1.165, 1.54) is 0 Å². The summed E-state index contributed by atoms with van der Waals surface area (Å²) in [5, 5.41) is 19.6. The fraction of sp³-hybridized carbons (Fsp3) is 0.700. The standard InChI is InChI=1S/C10H16N4O2/c1-14-9(15)6(8(12)13-16)7(11)10(14)4-2-3-5-10/h6,11,16H,2-5H2,1H3,(H2,12,13)/t6-/m0/s1. The number of hydrogen-bond donors (Lipinski definition) is 3. The van der Waals surface area contributed by atoms with Crippen molar-refractivity contribution in [2.45, 2.75) is 31.2 Å². The van der Waals surface area contributed by atoms with E-state index in [-0.39, 0.29) is 17.5 Å². The predicted molar refractivity (Wildman–Crippen MR) is 58.6 cm³/mol. The number of nitrogens with one attached hydrogen (secondary N) is 1. The van der Waals surface area contributed by atoms with E-state index in [1.807, 2.05) is 0 Å². The van der Waals surface area contributed by atoms with Crippen molar-refractivity contribution in [2.75, 3.05) is 7.05 Å². The van der Waals surface area contributed by atoms with Crippen molar-refractivity contribution in [1.82, 2.24) is 4.90 Å². The maximum Gasteiger partial charge on any atom is 0.239 e. The normalized spacial score (nSPS) is 29.4. The second-order valence-corrected chi connectivity index (χ2v) is 4.51. The minimum atomic E-state index is -0.868. The summed E-state index contributed by atoms with van der Waals surface area (Å²) in [7, 11) is 1.70. The van der Waals surface area contributed by atoms with Crippen molar-refractivity contribution in [3.05, 3.63) is 0 Å². The molecule has 1 saturated heterocycles. The van der Waals surface area contributed by atoms with E-state index in [9.17, 15) is 4.79 Å². The first-order chi connectivity index (χ1) is 7.54. The van der Waals surface area contributed by atoms with Crippen LogP contribution in [0.2, 0.25) is 0 Å². The third kappa shape index (κ3) is 1.15. The first-order valence-corrected chi connectivity index (χ1v) is 5.38. The van der Waals surface area contributed by atoms with E-state index in [1.54, 1.807) is 11.9 Å². The van der Waals surface area contributed by atoms with Gasteiger partial charge in [0.25, 0.3) is 0 Å². The molecule has 2 fully saturated rings. The highest BCUT2D eigenvalue weighted by molar-refractivity contribution is 6.27. The summed E-state index contributed by atoms with van der Waals surface area (Å²) in [5.41, 5.74) is 5.29. The maximum atomic E-state index is 12.0. The van der Waals surface area contributed by atoms with Crippen LogP contribution in [-0.2, 0) is 4.79 Å². The lowest BCUT2D eigenvalue weighted by Gasteiger charge is -2.31. The van der Waals surface area contributed by atoms with Crippen LogP contribution in [0.25, 0.3) is 0 Å². The Bertz CT molecular complexity index is 371. The molecule has 1 aliphatic heterocycles. The zero-order valence-electron chi connectivity index (χ0n) is 9.23. The van der Waals surface area contributed by atoms with Gasteiger partial charge in [-0.05, 0) is 12.8 Å². The average molecular weight is 224 g/mol. The van der Waals surface area contributed by atoms with Crippen LogP contribution >= 0.6 is 0 Å². The highest BCUT2D eigenvalue weighted by atomic mass is 16.4. The van der Waals surface area contributed by atoms with E-state index in [4.69, 9.17) is 16.4 Å². The molecule has 1 spiro atoms. The number of nitrogens with two attached hydrogens (primary N) is 1. The van der Waals surface area contributed by atoms with Crippen LogP contribution in [0.15, 0.2) is 5.16 Å². The molecule has 2 aliphatic rings. The van der Waals surface area contributed by atoms with Gasteiger partial charge < -0.3 is 21.3 Å². The first-order valence-electron chi connectivity index (χ1n) is 5.38. The second kappa shape index (κ2) is 3.47. The number of carbonyl (C=O) groups is 1. The number of rotatable bonds is 1. The molecule has 1 saturated carbocycles. The van der Waals surface area contributed by atoms with Gasteiger partial charge in [0, 0.05) is 7.05 Å². The second-order valence-electron chi connectivity index (χ2n) is 4.51. The van der Waals surface area contributed by atoms with Crippen LogP contribution in [-0.4, -0.2) is 40.1 Å². The summed E-state index contributed by atoms with van der Waals surface area (Å²) in [4.78, 5) is 13.6. The molecule has 0 unspecified atom stereocenters. The highest BCUT2D eigenvalue weighted by Crippen LogP contribution is 2.42. The zero-order valence-corrected chi connectivity index (χ0v) is 9.23. The number of carbonyl (C=O) groups excluding carboxylic acids is 1. The molecule has 0 aromatic carbocycles. The molecule has 16 heavy (non-hydrogen) atoms. The summed E-state index contributed by atoms with van der Waals surface area (Å²) >= 11 is 0. The van der Waals surface area contributed by atoms with Gasteiger partial charge in [-0.15, -0.1) is 0 Å². The van der Waals surface area contributed by atoms with Crippen molar-refractivity contribution < 1.29 is 10.0 Å². The number of amidine groups is 1. The third-order valence-corrected chi connectivity index (χ3v) is 3.85. The van der Waals surface area contributed by atoms with Crippen LogP contribution in [0.4, 0.5) is 0 Å². The molecule has 1 aliphatic carbocycles. The zero-order chi connectivity index (χ0) is 11.9. The van der Waals surface area contributed by atoms with Crippen molar-refractivity contribution in [2.24, 2.45) is 16.8 Å². The monoisotopic (exact) mass is 224 g/mol. The smallest absolute Gasteiger partial charge is 0.239 e. The molecule has 6 heteroatoms. The topological polar surface area (TPSA) is 103 Å². The summed E-state index contributed by atoms with van der Waals surface area (Å²) < 4.78 is 0. The summed E-state index contributed by atoms with van der Waals surface area (Å²) in [6.07, 6.45) is 3.65. The summed E-state index contributed by atoms with van der Waals surface area (Å²) in [6, 6.07) is 0. The molecule has 0 aromatic heterocycles. The Balaban J connectivity index is 2.40. The van der Waals surface area contributed by atoms with Gasteiger partial charge in [-0.2, -0.15) is 0 Å². The SMILES string of the molecule is CN1C(=O)[C@H](/C(N)=N\O)C(=N)C12CCCC2. The Morgan fingerprint density at radius 3 is 2.69 bits per heavy atom. The summed E-state index contributed by atoms with van der Waals surface area (Å²) in [6.45, 7) is 0. The van der Waals surface area contributed by atoms with Crippen LogP contribution in [0.5, 0.6) is 0 Å². The van der Waals surface area contributed by atoms with Crippen LogP contribution in [0.1, 0.15) is 25.7 Å². The number of amides is 1. The Hall–Kier alpha value is -1.59. The number of oxime groups is 1. The Kier molecular flexibility index (Phi) is 2.36. The van der Waals surface area contributed by atoms with Gasteiger partial charge in [0.05, 0.1) is 11.3 Å². The van der Waals surface area contributed by atoms with E-state index >= 15 is 0 Å². The Morgan fingerprint density at radius 1 is 1.62 bits per heavy atom. The molecule has 2 rings (SSSR count). The van der Waals surface area contributed by atoms with Crippen LogP contribution in [0, 0.1) is 11.3 Å². The van der Waals surface area contributed by atoms with E-state index in [0.29, 0.717) is 0 Å². The molecular weight excluding hydrogens is 208 g/mol. The van der Waals surface area contributed by atoms with Gasteiger partial charge in [-0.1, -0.05) is 18.0 Å². The number of likely N-dealkylation sites (tertiary alicyclic amines) is 1. The van der Waals surface area contributed by atoms with Crippen LogP contribution < -0.4 is 5.73 Å². The molecule has 4 N–H and O–H groups in total. The summed E-state index contributed by atoms with van der Waals surface area (Å²) in [5.74, 6) is -1.28. The molecule has 1 heterocycles. The van der Waals surface area contributed by atoms with Gasteiger partial charge in [0.1, 0.15) is 5.92 Å². The van der Waals surface area contributed by atoms with Gasteiger partial charge in [-0.25, -0.2) is 0 Å². The highest BCUT2D eigenvalue weighted by Gasteiger charge is 2.56. The lowest BCUT2D eigenvalue weighted by atomic mass is 9.87. The van der Waals surface area contributed by atoms with Crippen molar-refractivity contribution >= 4 is 17.5 Å². The third-order valence-electron chi connectivity index (χ3n) is 3.85. The molecule has 88 valence electrons. The van der Waals surface area contributed by atoms with Crippen molar-refractivity contribution in [3.63, 3.8) is 0 Å². The largest absolute Gasteiger partial charge is 0.409 e. The lowest BCUT2D eigenvalue weighted by Crippen LogP contribution is -2.44. The van der Waals surface area contributed by atoms with E-state index < -0.39 is 11.5 Å². The molecule has 0 bridgehead atoms. The molecule has 1 atom stereocenters. The van der Waals surface area contributed by atoms with Gasteiger partial charge in [0.15, 0.2) is 5.84 Å². The molecule has 1 amide bonds. The quantitative estimate of drug-likeness (QED) is 0.256. The van der Waals surface area contributed by atoms with E-state index in [2.05, 4.69) is 5.16 Å². The predicted octanol–water partition coefficient (Wildman–Crippen LogP) is 0.154. The molecule has 0 radical (unpaired) electrons. The fourth-order valence-electron chi connectivity index (χ4n) is 2.87. The van der Waals surface area contributed by atoms with E-state index in [0.717, 1.165) is 25.7 Å². The molecule has 0 aromatic rings. The Labute approximate surface area is 93.6 Å².